The molecule has 1 unspecified atom stereocenters. The standard InChI is InChI=1S/C24H25N5O4/c1-3-22(30)28-12-13-29(24(32)19(28)11-14-33-18-7-5-4-6-8-18)21-16-27-15-17(23(31)25-2)9-10-20(27)26-21/h3-10,15-16,19H,1,11-14H2,2H3,(H,25,31). The first-order chi connectivity index (χ1) is 16.0. The van der Waals surface area contributed by atoms with E-state index in [0.29, 0.717) is 42.3 Å². The summed E-state index contributed by atoms with van der Waals surface area (Å²) in [4.78, 5) is 45.4. The van der Waals surface area contributed by atoms with Crippen LogP contribution in [0.25, 0.3) is 5.65 Å². The SMILES string of the molecule is C=CC(=O)N1CCN(c2cn3cc(C(=O)NC)ccc3n2)C(=O)C1CCOc1ccccc1. The van der Waals surface area contributed by atoms with Crippen LogP contribution in [0.1, 0.15) is 16.8 Å². The first-order valence-electron chi connectivity index (χ1n) is 10.6. The van der Waals surface area contributed by atoms with Gasteiger partial charge in [-0.15, -0.1) is 0 Å². The Kier molecular flexibility index (Phi) is 6.39. The third kappa shape index (κ3) is 4.57. The van der Waals surface area contributed by atoms with Gasteiger partial charge in [0.2, 0.25) is 5.91 Å². The molecule has 1 aliphatic rings. The minimum atomic E-state index is -0.695. The van der Waals surface area contributed by atoms with Gasteiger partial charge in [0, 0.05) is 32.8 Å². The first kappa shape index (κ1) is 22.1. The molecule has 1 N–H and O–H groups in total. The van der Waals surface area contributed by atoms with Gasteiger partial charge in [-0.05, 0) is 30.3 Å². The fourth-order valence-electron chi connectivity index (χ4n) is 3.87. The van der Waals surface area contributed by atoms with Crippen LogP contribution in [-0.2, 0) is 9.59 Å². The van der Waals surface area contributed by atoms with Crippen LogP contribution in [0.15, 0.2) is 67.5 Å². The van der Waals surface area contributed by atoms with E-state index in [9.17, 15) is 14.4 Å². The second-order valence-corrected chi connectivity index (χ2v) is 7.55. The van der Waals surface area contributed by atoms with E-state index in [4.69, 9.17) is 4.74 Å². The number of aromatic nitrogens is 2. The van der Waals surface area contributed by atoms with Crippen molar-refractivity contribution in [1.29, 1.82) is 0 Å². The Labute approximate surface area is 191 Å². The van der Waals surface area contributed by atoms with E-state index < -0.39 is 6.04 Å². The third-order valence-electron chi connectivity index (χ3n) is 5.56. The van der Waals surface area contributed by atoms with Crippen molar-refractivity contribution in [1.82, 2.24) is 19.6 Å². The van der Waals surface area contributed by atoms with E-state index in [0.717, 1.165) is 0 Å². The van der Waals surface area contributed by atoms with E-state index >= 15 is 0 Å². The van der Waals surface area contributed by atoms with Gasteiger partial charge in [-0.1, -0.05) is 24.8 Å². The van der Waals surface area contributed by atoms with Crippen molar-refractivity contribution in [3.05, 3.63) is 73.1 Å². The first-order valence-corrected chi connectivity index (χ1v) is 10.6. The summed E-state index contributed by atoms with van der Waals surface area (Å²) in [6.07, 6.45) is 4.93. The van der Waals surface area contributed by atoms with Crippen molar-refractivity contribution in [3.63, 3.8) is 0 Å². The second-order valence-electron chi connectivity index (χ2n) is 7.55. The number of para-hydroxylation sites is 1. The highest BCUT2D eigenvalue weighted by Gasteiger charge is 2.38. The molecule has 0 bridgehead atoms. The van der Waals surface area contributed by atoms with E-state index in [1.807, 2.05) is 30.3 Å². The molecule has 0 radical (unpaired) electrons. The highest BCUT2D eigenvalue weighted by molar-refractivity contribution is 6.01. The highest BCUT2D eigenvalue weighted by atomic mass is 16.5. The zero-order chi connectivity index (χ0) is 23.4. The molecule has 4 rings (SSSR count). The highest BCUT2D eigenvalue weighted by Crippen LogP contribution is 2.23. The summed E-state index contributed by atoms with van der Waals surface area (Å²) in [5.74, 6) is 0.430. The van der Waals surface area contributed by atoms with Gasteiger partial charge >= 0.3 is 0 Å². The number of nitrogens with zero attached hydrogens (tertiary/aromatic N) is 4. The molecule has 3 amide bonds. The van der Waals surface area contributed by atoms with Crippen LogP contribution in [-0.4, -0.2) is 64.8 Å². The van der Waals surface area contributed by atoms with Gasteiger partial charge in [-0.3, -0.25) is 19.3 Å². The number of imidazole rings is 1. The van der Waals surface area contributed by atoms with Crippen molar-refractivity contribution < 1.29 is 19.1 Å². The van der Waals surface area contributed by atoms with Gasteiger partial charge < -0.3 is 19.4 Å². The Morgan fingerprint density at radius 3 is 2.70 bits per heavy atom. The molecule has 1 aliphatic heterocycles. The van der Waals surface area contributed by atoms with Crippen LogP contribution >= 0.6 is 0 Å². The molecular weight excluding hydrogens is 422 g/mol. The van der Waals surface area contributed by atoms with Crippen LogP contribution in [0.4, 0.5) is 5.82 Å². The molecule has 0 spiro atoms. The number of nitrogens with one attached hydrogen (secondary N) is 1. The molecule has 3 aromatic rings. The summed E-state index contributed by atoms with van der Waals surface area (Å²) in [7, 11) is 1.57. The van der Waals surface area contributed by atoms with Crippen LogP contribution in [0.3, 0.4) is 0 Å². The number of amides is 3. The summed E-state index contributed by atoms with van der Waals surface area (Å²) in [5.41, 5.74) is 1.09. The molecule has 1 saturated heterocycles. The minimum Gasteiger partial charge on any atom is -0.494 e. The summed E-state index contributed by atoms with van der Waals surface area (Å²) in [6.45, 7) is 4.49. The maximum absolute atomic E-state index is 13.4. The van der Waals surface area contributed by atoms with Gasteiger partial charge in [0.25, 0.3) is 11.8 Å². The van der Waals surface area contributed by atoms with Crippen LogP contribution in [0.2, 0.25) is 0 Å². The van der Waals surface area contributed by atoms with E-state index in [1.54, 1.807) is 40.9 Å². The molecule has 1 aromatic carbocycles. The number of piperazine rings is 1. The largest absolute Gasteiger partial charge is 0.494 e. The molecule has 33 heavy (non-hydrogen) atoms. The summed E-state index contributed by atoms with van der Waals surface area (Å²) < 4.78 is 7.47. The molecule has 9 nitrogen and oxygen atoms in total. The monoisotopic (exact) mass is 447 g/mol. The Morgan fingerprint density at radius 1 is 1.18 bits per heavy atom. The lowest BCUT2D eigenvalue weighted by atomic mass is 10.1. The molecule has 0 saturated carbocycles. The number of benzene rings is 1. The number of ether oxygens (including phenoxy) is 1. The average molecular weight is 447 g/mol. The number of carbonyl (C=O) groups excluding carboxylic acids is 3. The molecule has 9 heteroatoms. The van der Waals surface area contributed by atoms with Crippen LogP contribution in [0.5, 0.6) is 5.75 Å². The van der Waals surface area contributed by atoms with Gasteiger partial charge in [0.05, 0.1) is 18.4 Å². The molecule has 2 aromatic heterocycles. The second kappa shape index (κ2) is 9.56. The Morgan fingerprint density at radius 2 is 1.97 bits per heavy atom. The van der Waals surface area contributed by atoms with Gasteiger partial charge in [0.15, 0.2) is 5.82 Å². The molecule has 1 atom stereocenters. The third-order valence-corrected chi connectivity index (χ3v) is 5.56. The van der Waals surface area contributed by atoms with E-state index in [-0.39, 0.29) is 24.3 Å². The number of hydrogen-bond acceptors (Lipinski definition) is 5. The molecular formula is C24H25N5O4. The Hall–Kier alpha value is -4.14. The summed E-state index contributed by atoms with van der Waals surface area (Å²) in [6, 6.07) is 12.0. The Balaban J connectivity index is 1.55. The maximum Gasteiger partial charge on any atom is 0.252 e. The zero-order valence-electron chi connectivity index (χ0n) is 18.3. The lowest BCUT2D eigenvalue weighted by molar-refractivity contribution is -0.138. The van der Waals surface area contributed by atoms with E-state index in [2.05, 4.69) is 16.9 Å². The van der Waals surface area contributed by atoms with Gasteiger partial charge in [-0.25, -0.2) is 4.98 Å². The fourth-order valence-corrected chi connectivity index (χ4v) is 3.87. The lowest BCUT2D eigenvalue weighted by Crippen LogP contribution is -2.59. The van der Waals surface area contributed by atoms with E-state index in [1.165, 1.54) is 11.0 Å². The van der Waals surface area contributed by atoms with Gasteiger partial charge in [0.1, 0.15) is 17.4 Å². The quantitative estimate of drug-likeness (QED) is 0.558. The Bertz CT molecular complexity index is 1190. The zero-order valence-corrected chi connectivity index (χ0v) is 18.3. The fraction of sp³-hybridized carbons (Fsp3) is 0.250. The lowest BCUT2D eigenvalue weighted by Gasteiger charge is -2.39. The predicted octanol–water partition coefficient (Wildman–Crippen LogP) is 1.89. The van der Waals surface area contributed by atoms with Gasteiger partial charge in [-0.2, -0.15) is 0 Å². The average Bonchev–Trinajstić information content (AvgIpc) is 3.27. The van der Waals surface area contributed by atoms with Crippen molar-refractivity contribution >= 4 is 29.2 Å². The molecule has 0 aliphatic carbocycles. The number of rotatable bonds is 7. The van der Waals surface area contributed by atoms with Crippen molar-refractivity contribution in [3.8, 4) is 5.75 Å². The summed E-state index contributed by atoms with van der Waals surface area (Å²) in [5, 5.41) is 2.59. The molecule has 170 valence electrons. The van der Waals surface area contributed by atoms with Crippen molar-refractivity contribution in [2.45, 2.75) is 12.5 Å². The number of anilines is 1. The smallest absolute Gasteiger partial charge is 0.252 e. The minimum absolute atomic E-state index is 0.210. The molecule has 3 heterocycles. The number of fused-ring (bicyclic) bond motifs is 1. The number of pyridine rings is 1. The summed E-state index contributed by atoms with van der Waals surface area (Å²) >= 11 is 0. The normalized spacial score (nSPS) is 16.0. The predicted molar refractivity (Wildman–Crippen MR) is 123 cm³/mol. The topological polar surface area (TPSA) is 96.3 Å². The van der Waals surface area contributed by atoms with Crippen molar-refractivity contribution in [2.75, 3.05) is 31.6 Å². The number of hydrogen-bond donors (Lipinski definition) is 1. The molecule has 1 fully saturated rings. The van der Waals surface area contributed by atoms with Crippen LogP contribution in [0, 0.1) is 0 Å². The van der Waals surface area contributed by atoms with Crippen molar-refractivity contribution in [2.24, 2.45) is 0 Å². The van der Waals surface area contributed by atoms with Crippen LogP contribution < -0.4 is 15.0 Å². The number of carbonyl (C=O) groups is 3. The maximum atomic E-state index is 13.4.